The molecule has 0 saturated carbocycles. The molecule has 5 atom stereocenters. The highest BCUT2D eigenvalue weighted by atomic mass is 32.2. The molecule has 3 aromatic rings. The van der Waals surface area contributed by atoms with E-state index < -0.39 is 88.0 Å². The predicted molar refractivity (Wildman–Crippen MR) is 218 cm³/mol. The van der Waals surface area contributed by atoms with E-state index in [1.165, 1.54) is 36.1 Å². The monoisotopic (exact) mass is 886 g/mol. The average molecular weight is 887 g/mol. The van der Waals surface area contributed by atoms with Gasteiger partial charge in [0.15, 0.2) is 11.5 Å². The van der Waals surface area contributed by atoms with E-state index in [0.717, 1.165) is 36.6 Å². The number of esters is 4. The van der Waals surface area contributed by atoms with Gasteiger partial charge in [0.05, 0.1) is 10.3 Å². The largest absolute Gasteiger partial charge is 0.461 e. The van der Waals surface area contributed by atoms with Crippen molar-refractivity contribution in [3.8, 4) is 11.5 Å². The van der Waals surface area contributed by atoms with Crippen LogP contribution < -0.4 is 25.4 Å². The first-order valence-electron chi connectivity index (χ1n) is 19.4. The lowest BCUT2D eigenvalue weighted by Gasteiger charge is -2.52. The van der Waals surface area contributed by atoms with Crippen molar-refractivity contribution in [1.82, 2.24) is 30.7 Å². The van der Waals surface area contributed by atoms with Gasteiger partial charge in [0.1, 0.15) is 30.7 Å². The van der Waals surface area contributed by atoms with E-state index in [2.05, 4.69) is 16.0 Å². The number of rotatable bonds is 15. The molecule has 6 rings (SSSR count). The summed E-state index contributed by atoms with van der Waals surface area (Å²) in [6.45, 7) is 4.79. The minimum Gasteiger partial charge on any atom is -0.461 e. The number of carbonyl (C=O) groups excluding carboxylic acids is 10. The van der Waals surface area contributed by atoms with Gasteiger partial charge >= 0.3 is 41.7 Å². The number of hydrogen-bond donors (Lipinski definition) is 3. The van der Waals surface area contributed by atoms with Crippen LogP contribution in [0, 0.1) is 0 Å². The molecule has 330 valence electrons. The first-order chi connectivity index (χ1) is 30.0. The summed E-state index contributed by atoms with van der Waals surface area (Å²) < 4.78 is 20.0. The molecule has 3 aliphatic rings. The van der Waals surface area contributed by atoms with Crippen molar-refractivity contribution in [2.75, 3.05) is 26.2 Å². The summed E-state index contributed by atoms with van der Waals surface area (Å²) in [6.07, 6.45) is 0.169. The van der Waals surface area contributed by atoms with Gasteiger partial charge in [-0.1, -0.05) is 60.7 Å². The fraction of sp³-hybridized carbons (Fsp3) is 0.333. The summed E-state index contributed by atoms with van der Waals surface area (Å²) in [4.78, 5) is 134. The van der Waals surface area contributed by atoms with Crippen LogP contribution in [0.4, 0.5) is 4.79 Å². The Morgan fingerprint density at radius 3 is 2.14 bits per heavy atom. The van der Waals surface area contributed by atoms with Crippen molar-refractivity contribution in [3.05, 3.63) is 95.6 Å². The van der Waals surface area contributed by atoms with Gasteiger partial charge in [-0.2, -0.15) is 0 Å². The van der Waals surface area contributed by atoms with Crippen LogP contribution in [-0.4, -0.2) is 123 Å². The van der Waals surface area contributed by atoms with Gasteiger partial charge in [-0.3, -0.25) is 38.5 Å². The molecular formula is C42H42N6O14S. The SMILES string of the molecule is CCN1CCN(C(=O)N[C@@H](C(=O)N[C@]2(NC=O)C(=O)N3C(C(=O)OCc4ccccc4)[C@](C)(COC(=O)c4ccc(OC(C)=O)c(OC(C)=O)c4)S[C@H]32)c2ccccc2)C(=O)C1=O. The minimum atomic E-state index is -2.25. The lowest BCUT2D eigenvalue weighted by Crippen LogP contribution is -2.85. The van der Waals surface area contributed by atoms with Crippen molar-refractivity contribution in [3.63, 3.8) is 0 Å². The summed E-state index contributed by atoms with van der Waals surface area (Å²) in [5, 5.41) is 6.18. The molecule has 3 fully saturated rings. The molecule has 3 heterocycles. The predicted octanol–water partition coefficient (Wildman–Crippen LogP) is 1.18. The Balaban J connectivity index is 1.28. The van der Waals surface area contributed by atoms with Crippen LogP contribution >= 0.6 is 11.8 Å². The van der Waals surface area contributed by atoms with Crippen molar-refractivity contribution in [1.29, 1.82) is 0 Å². The second-order valence-electron chi connectivity index (χ2n) is 14.6. The molecule has 0 aromatic heterocycles. The molecule has 20 nitrogen and oxygen atoms in total. The molecule has 0 radical (unpaired) electrons. The van der Waals surface area contributed by atoms with Gasteiger partial charge in [0.25, 0.3) is 5.91 Å². The van der Waals surface area contributed by atoms with E-state index in [1.54, 1.807) is 55.5 Å². The first-order valence-corrected chi connectivity index (χ1v) is 20.3. The Kier molecular flexibility index (Phi) is 13.5. The van der Waals surface area contributed by atoms with E-state index in [1.807, 2.05) is 0 Å². The van der Waals surface area contributed by atoms with E-state index in [4.69, 9.17) is 18.9 Å². The lowest BCUT2D eigenvalue weighted by atomic mass is 9.90. The number of carbonyl (C=O) groups is 10. The number of β-lactam (4-membered cyclic amide) rings is 1. The summed E-state index contributed by atoms with van der Waals surface area (Å²) >= 11 is 0.900. The van der Waals surface area contributed by atoms with Crippen LogP contribution in [0.5, 0.6) is 11.5 Å². The van der Waals surface area contributed by atoms with Crippen LogP contribution in [0.25, 0.3) is 0 Å². The Labute approximate surface area is 363 Å². The highest BCUT2D eigenvalue weighted by molar-refractivity contribution is 8.01. The topological polar surface area (TPSA) is 253 Å². The van der Waals surface area contributed by atoms with E-state index in [-0.39, 0.29) is 55.3 Å². The number of benzene rings is 3. The second kappa shape index (κ2) is 18.8. The summed E-state index contributed by atoms with van der Waals surface area (Å²) in [5.74, 6) is -7.77. The number of imide groups is 1. The maximum atomic E-state index is 14.4. The van der Waals surface area contributed by atoms with E-state index in [0.29, 0.717) is 10.5 Å². The summed E-state index contributed by atoms with van der Waals surface area (Å²) in [6, 6.07) is 15.9. The number of piperazine rings is 1. The third-order valence-corrected chi connectivity index (χ3v) is 11.9. The van der Waals surface area contributed by atoms with Crippen LogP contribution in [-0.2, 0) is 54.4 Å². The van der Waals surface area contributed by atoms with Gasteiger partial charge in [-0.25, -0.2) is 14.4 Å². The molecule has 0 bridgehead atoms. The molecular weight excluding hydrogens is 845 g/mol. The Hall–Kier alpha value is -7.29. The maximum Gasteiger partial charge on any atom is 0.338 e. The smallest absolute Gasteiger partial charge is 0.338 e. The Morgan fingerprint density at radius 2 is 1.51 bits per heavy atom. The summed E-state index contributed by atoms with van der Waals surface area (Å²) in [7, 11) is 0. The first kappa shape index (κ1) is 45.2. The molecule has 0 aliphatic carbocycles. The van der Waals surface area contributed by atoms with Crippen LogP contribution in [0.2, 0.25) is 0 Å². The fourth-order valence-electron chi connectivity index (χ4n) is 7.22. The number of likely N-dealkylation sites (N-methyl/N-ethyl adjacent to an activating group) is 1. The van der Waals surface area contributed by atoms with Gasteiger partial charge < -0.3 is 44.7 Å². The number of nitrogens with zero attached hydrogens (tertiary/aromatic N) is 3. The quantitative estimate of drug-likeness (QED) is 0.0484. The van der Waals surface area contributed by atoms with Gasteiger partial charge in [-0.15, -0.1) is 11.8 Å². The average Bonchev–Trinajstić information content (AvgIpc) is 3.56. The van der Waals surface area contributed by atoms with Gasteiger partial charge in [-0.05, 0) is 43.2 Å². The van der Waals surface area contributed by atoms with Crippen LogP contribution in [0.3, 0.4) is 0 Å². The van der Waals surface area contributed by atoms with Crippen LogP contribution in [0.1, 0.15) is 55.2 Å². The van der Waals surface area contributed by atoms with Crippen molar-refractivity contribution in [2.24, 2.45) is 0 Å². The molecule has 3 aliphatic heterocycles. The number of thioether (sulfide) groups is 1. The molecule has 63 heavy (non-hydrogen) atoms. The zero-order valence-corrected chi connectivity index (χ0v) is 35.1. The zero-order chi connectivity index (χ0) is 45.6. The standard InChI is InChI=1S/C42H42N6O14S/c1-5-46-18-19-47(35(54)34(46)53)40(58)44-31(27-14-10-7-11-15-27)33(52)45-42(43-23-49)38(57)48-32(37(56)59-21-26-12-8-6-9-13-26)41(4,63-39(42)48)22-60-36(55)28-16-17-29(61-24(2)50)30(20-28)62-25(3)51/h6-17,20,23,31-32,39H,5,18-19,21-22H2,1-4H3,(H,43,49)(H,44,58)(H,45,52)/t31-,32?,39+,41+,42-/m1/s1. The van der Waals surface area contributed by atoms with Crippen molar-refractivity contribution < 1.29 is 66.9 Å². The summed E-state index contributed by atoms with van der Waals surface area (Å²) in [5.41, 5.74) is -1.57. The molecule has 3 aromatic carbocycles. The molecule has 1 unspecified atom stereocenters. The van der Waals surface area contributed by atoms with E-state index >= 15 is 0 Å². The number of amides is 7. The van der Waals surface area contributed by atoms with Gasteiger partial charge in [0, 0.05) is 33.5 Å². The van der Waals surface area contributed by atoms with Crippen molar-refractivity contribution >= 4 is 71.7 Å². The minimum absolute atomic E-state index is 0.0625. The molecule has 7 amide bonds. The molecule has 0 spiro atoms. The Bertz CT molecular complexity index is 2350. The maximum absolute atomic E-state index is 14.4. The third kappa shape index (κ3) is 9.32. The van der Waals surface area contributed by atoms with Gasteiger partial charge in [0.2, 0.25) is 18.0 Å². The number of nitrogens with one attached hydrogen (secondary N) is 3. The number of ether oxygens (including phenoxy) is 4. The second-order valence-corrected chi connectivity index (χ2v) is 16.2. The normalized spacial score (nSPS) is 21.8. The van der Waals surface area contributed by atoms with E-state index in [9.17, 15) is 47.9 Å². The molecule has 3 N–H and O–H groups in total. The molecule has 21 heteroatoms. The number of fused-ring (bicyclic) bond motifs is 1. The Morgan fingerprint density at radius 1 is 0.857 bits per heavy atom. The molecule has 3 saturated heterocycles. The highest BCUT2D eigenvalue weighted by Crippen LogP contribution is 2.55. The van der Waals surface area contributed by atoms with Crippen LogP contribution in [0.15, 0.2) is 78.9 Å². The number of hydrogen-bond acceptors (Lipinski definition) is 15. The number of urea groups is 1. The zero-order valence-electron chi connectivity index (χ0n) is 34.3. The lowest BCUT2D eigenvalue weighted by molar-refractivity contribution is -0.175. The highest BCUT2D eigenvalue weighted by Gasteiger charge is 2.74. The third-order valence-electron chi connectivity index (χ3n) is 10.3. The fourth-order valence-corrected chi connectivity index (χ4v) is 8.93. The van der Waals surface area contributed by atoms with Crippen molar-refractivity contribution in [2.45, 2.75) is 62.2 Å².